The number of guanidine groups is 1. The molecular formula is C10H15ClN6O2S. The van der Waals surface area contributed by atoms with Crippen LogP contribution in [0.5, 0.6) is 0 Å². The Morgan fingerprint density at radius 3 is 2.60 bits per heavy atom. The molecule has 0 bridgehead atoms. The van der Waals surface area contributed by atoms with E-state index < -0.39 is 10.0 Å². The second-order valence-corrected chi connectivity index (χ2v) is 6.15. The van der Waals surface area contributed by atoms with E-state index in [0.29, 0.717) is 31.1 Å². The molecule has 20 heavy (non-hydrogen) atoms. The number of anilines is 1. The first kappa shape index (κ1) is 14.9. The summed E-state index contributed by atoms with van der Waals surface area (Å²) >= 11 is 5.98. The Labute approximate surface area is 121 Å². The molecule has 8 nitrogen and oxygen atoms in total. The normalized spacial score (nSPS) is 15.4. The van der Waals surface area contributed by atoms with Crippen molar-refractivity contribution in [3.63, 3.8) is 0 Å². The first-order chi connectivity index (χ1) is 9.30. The van der Waals surface area contributed by atoms with Crippen LogP contribution in [-0.2, 0) is 10.0 Å². The second-order valence-electron chi connectivity index (χ2n) is 4.25. The summed E-state index contributed by atoms with van der Waals surface area (Å²) in [5.41, 5.74) is 11.3. The Balaban J connectivity index is 2.74. The highest BCUT2D eigenvalue weighted by molar-refractivity contribution is 7.89. The number of aliphatic imine (C=N–C) groups is 1. The summed E-state index contributed by atoms with van der Waals surface area (Å²) in [6.07, 6.45) is 0. The summed E-state index contributed by atoms with van der Waals surface area (Å²) in [6, 6.07) is 2.94. The molecule has 7 N–H and O–H groups in total. The van der Waals surface area contributed by atoms with Crippen LogP contribution in [0.2, 0.25) is 5.02 Å². The molecule has 0 atom stereocenters. The smallest absolute Gasteiger partial charge is 0.241 e. The van der Waals surface area contributed by atoms with Crippen molar-refractivity contribution < 1.29 is 8.42 Å². The van der Waals surface area contributed by atoms with Crippen molar-refractivity contribution >= 4 is 39.0 Å². The SMILES string of the molecule is NC(N)=Nc1ccc(Cl)c(S(N)(=O)=O)c1N1CCNC1. The van der Waals surface area contributed by atoms with Crippen molar-refractivity contribution in [2.45, 2.75) is 4.90 Å². The molecule has 1 heterocycles. The molecule has 1 saturated heterocycles. The molecule has 0 spiro atoms. The molecule has 10 heteroatoms. The van der Waals surface area contributed by atoms with Gasteiger partial charge in [-0.3, -0.25) is 5.32 Å². The molecule has 0 aromatic heterocycles. The molecule has 0 unspecified atom stereocenters. The number of primary sulfonamides is 1. The largest absolute Gasteiger partial charge is 0.370 e. The fourth-order valence-electron chi connectivity index (χ4n) is 2.04. The summed E-state index contributed by atoms with van der Waals surface area (Å²) in [7, 11) is -4.01. The molecule has 0 radical (unpaired) electrons. The van der Waals surface area contributed by atoms with E-state index in [2.05, 4.69) is 10.3 Å². The number of halogens is 1. The quantitative estimate of drug-likeness (QED) is 0.427. The molecule has 0 aliphatic carbocycles. The van der Waals surface area contributed by atoms with Gasteiger partial charge in [-0.15, -0.1) is 0 Å². The van der Waals surface area contributed by atoms with Crippen LogP contribution >= 0.6 is 11.6 Å². The maximum absolute atomic E-state index is 11.8. The molecule has 1 aliphatic heterocycles. The minimum absolute atomic E-state index is 0.0314. The first-order valence-electron chi connectivity index (χ1n) is 5.71. The van der Waals surface area contributed by atoms with Gasteiger partial charge >= 0.3 is 0 Å². The zero-order valence-electron chi connectivity index (χ0n) is 10.5. The molecule has 1 aromatic rings. The van der Waals surface area contributed by atoms with Crippen LogP contribution < -0.4 is 26.8 Å². The lowest BCUT2D eigenvalue weighted by Crippen LogP contribution is -2.26. The molecule has 110 valence electrons. The number of nitrogens with zero attached hydrogens (tertiary/aromatic N) is 2. The number of nitrogens with one attached hydrogen (secondary N) is 1. The van der Waals surface area contributed by atoms with Gasteiger partial charge in [-0.1, -0.05) is 11.6 Å². The lowest BCUT2D eigenvalue weighted by Gasteiger charge is -2.22. The molecule has 0 saturated carbocycles. The van der Waals surface area contributed by atoms with Gasteiger partial charge in [-0.2, -0.15) is 0 Å². The van der Waals surface area contributed by atoms with Crippen LogP contribution in [0.15, 0.2) is 22.0 Å². The van der Waals surface area contributed by atoms with E-state index in [1.165, 1.54) is 6.07 Å². The van der Waals surface area contributed by atoms with Crippen LogP contribution in [0.1, 0.15) is 0 Å². The second kappa shape index (κ2) is 5.44. The van der Waals surface area contributed by atoms with Crippen molar-refractivity contribution in [3.8, 4) is 0 Å². The minimum atomic E-state index is -4.01. The number of benzene rings is 1. The van der Waals surface area contributed by atoms with Gasteiger partial charge in [0.15, 0.2) is 5.96 Å². The number of hydrogen-bond acceptors (Lipinski definition) is 5. The summed E-state index contributed by atoms with van der Waals surface area (Å²) < 4.78 is 23.6. The molecule has 1 aliphatic rings. The summed E-state index contributed by atoms with van der Waals surface area (Å²) in [5, 5.41) is 8.37. The van der Waals surface area contributed by atoms with Gasteiger partial charge in [0.2, 0.25) is 10.0 Å². The van der Waals surface area contributed by atoms with Gasteiger partial charge in [0.25, 0.3) is 0 Å². The predicted octanol–water partition coefficient (Wildman–Crippen LogP) is -0.741. The lowest BCUT2D eigenvalue weighted by molar-refractivity contribution is 0.597. The molecule has 1 aromatic carbocycles. The van der Waals surface area contributed by atoms with Gasteiger partial charge in [0.05, 0.1) is 23.1 Å². The van der Waals surface area contributed by atoms with Gasteiger partial charge in [0.1, 0.15) is 4.90 Å². The highest BCUT2D eigenvalue weighted by Crippen LogP contribution is 2.39. The van der Waals surface area contributed by atoms with Crippen LogP contribution in [-0.4, -0.2) is 34.1 Å². The Hall–Kier alpha value is -1.55. The summed E-state index contributed by atoms with van der Waals surface area (Å²) in [5.74, 6) is -0.180. The molecule has 0 amide bonds. The Morgan fingerprint density at radius 1 is 1.40 bits per heavy atom. The molecular weight excluding hydrogens is 304 g/mol. The van der Waals surface area contributed by atoms with E-state index in [0.717, 1.165) is 0 Å². The van der Waals surface area contributed by atoms with Crippen molar-refractivity contribution in [2.75, 3.05) is 24.7 Å². The fourth-order valence-corrected chi connectivity index (χ4v) is 3.36. The highest BCUT2D eigenvalue weighted by Gasteiger charge is 2.27. The third-order valence-electron chi connectivity index (χ3n) is 2.77. The van der Waals surface area contributed by atoms with Crippen molar-refractivity contribution in [1.29, 1.82) is 0 Å². The third-order valence-corrected chi connectivity index (χ3v) is 4.18. The van der Waals surface area contributed by atoms with Crippen molar-refractivity contribution in [3.05, 3.63) is 17.2 Å². The van der Waals surface area contributed by atoms with Gasteiger partial charge in [-0.05, 0) is 12.1 Å². The van der Waals surface area contributed by atoms with E-state index in [1.807, 2.05) is 0 Å². The van der Waals surface area contributed by atoms with Crippen molar-refractivity contribution in [1.82, 2.24) is 5.32 Å². The lowest BCUT2D eigenvalue weighted by atomic mass is 10.2. The van der Waals surface area contributed by atoms with E-state index in [4.69, 9.17) is 28.2 Å². The Kier molecular flexibility index (Phi) is 4.04. The van der Waals surface area contributed by atoms with E-state index in [-0.39, 0.29) is 15.9 Å². The maximum Gasteiger partial charge on any atom is 0.241 e. The average Bonchev–Trinajstić information content (AvgIpc) is 2.82. The van der Waals surface area contributed by atoms with Crippen molar-refractivity contribution in [2.24, 2.45) is 21.6 Å². The number of hydrogen-bond donors (Lipinski definition) is 4. The minimum Gasteiger partial charge on any atom is -0.370 e. The number of sulfonamides is 1. The number of rotatable bonds is 3. The first-order valence-corrected chi connectivity index (χ1v) is 7.63. The summed E-state index contributed by atoms with van der Waals surface area (Å²) in [6.45, 7) is 1.75. The maximum atomic E-state index is 11.8. The van der Waals surface area contributed by atoms with Crippen LogP contribution in [0, 0.1) is 0 Å². The fraction of sp³-hybridized carbons (Fsp3) is 0.300. The molecule has 1 fully saturated rings. The van der Waals surface area contributed by atoms with E-state index >= 15 is 0 Å². The van der Waals surface area contributed by atoms with Gasteiger partial charge in [-0.25, -0.2) is 18.5 Å². The standard InChI is InChI=1S/C10H15ClN6O2S/c11-6-1-2-7(16-10(12)13)8(9(6)20(14,18)19)17-4-3-15-5-17/h1-2,15H,3-5H2,(H4,12,13,16)(H2,14,18,19). The van der Waals surface area contributed by atoms with Crippen LogP contribution in [0.4, 0.5) is 11.4 Å². The third kappa shape index (κ3) is 2.96. The molecule has 2 rings (SSSR count). The van der Waals surface area contributed by atoms with E-state index in [9.17, 15) is 8.42 Å². The van der Waals surface area contributed by atoms with Crippen LogP contribution in [0.3, 0.4) is 0 Å². The Morgan fingerprint density at radius 2 is 2.10 bits per heavy atom. The monoisotopic (exact) mass is 318 g/mol. The predicted molar refractivity (Wildman–Crippen MR) is 78.5 cm³/mol. The van der Waals surface area contributed by atoms with E-state index in [1.54, 1.807) is 11.0 Å². The zero-order chi connectivity index (χ0) is 14.9. The zero-order valence-corrected chi connectivity index (χ0v) is 12.1. The van der Waals surface area contributed by atoms with Crippen LogP contribution in [0.25, 0.3) is 0 Å². The topological polar surface area (TPSA) is 140 Å². The summed E-state index contributed by atoms with van der Waals surface area (Å²) in [4.78, 5) is 5.54. The van der Waals surface area contributed by atoms with Gasteiger partial charge in [0, 0.05) is 13.1 Å². The van der Waals surface area contributed by atoms with Gasteiger partial charge < -0.3 is 16.4 Å². The Bertz CT molecular complexity index is 650. The number of nitrogens with two attached hydrogens (primary N) is 3. The highest BCUT2D eigenvalue weighted by atomic mass is 35.5. The average molecular weight is 319 g/mol.